The quantitative estimate of drug-likeness (QED) is 0.723. The van der Waals surface area contributed by atoms with Crippen molar-refractivity contribution in [2.45, 2.75) is 13.3 Å². The van der Waals surface area contributed by atoms with E-state index in [4.69, 9.17) is 11.6 Å². The Morgan fingerprint density at radius 3 is 2.57 bits per heavy atom. The topological polar surface area (TPSA) is 34.9 Å². The van der Waals surface area contributed by atoms with Crippen molar-refractivity contribution in [2.24, 2.45) is 0 Å². The van der Waals surface area contributed by atoms with Crippen LogP contribution in [0.2, 0.25) is 5.02 Å². The maximum Gasteiger partial charge on any atom is 0.267 e. The summed E-state index contributed by atoms with van der Waals surface area (Å²) in [6.45, 7) is 1.91. The highest BCUT2D eigenvalue weighted by molar-refractivity contribution is 6.35. The molecule has 0 saturated heterocycles. The molecule has 2 aromatic carbocycles. The van der Waals surface area contributed by atoms with Crippen LogP contribution >= 0.6 is 11.6 Å². The van der Waals surface area contributed by atoms with E-state index in [1.165, 1.54) is 16.7 Å². The monoisotopic (exact) mass is 302 g/mol. The molecular weight excluding hydrogens is 291 g/mol. The summed E-state index contributed by atoms with van der Waals surface area (Å²) >= 11 is 6.13. The number of hydrogen-bond acceptors (Lipinski definition) is 2. The molecule has 0 spiro atoms. The minimum atomic E-state index is -0.350. The highest BCUT2D eigenvalue weighted by Crippen LogP contribution is 2.20. The van der Waals surface area contributed by atoms with Crippen LogP contribution in [0.15, 0.2) is 47.3 Å². The minimum Gasteiger partial charge on any atom is -0.268 e. The Labute approximate surface area is 125 Å². The lowest BCUT2D eigenvalue weighted by Crippen LogP contribution is -2.23. The van der Waals surface area contributed by atoms with Crippen molar-refractivity contribution in [1.29, 1.82) is 0 Å². The van der Waals surface area contributed by atoms with Gasteiger partial charge in [-0.3, -0.25) is 9.36 Å². The molecule has 0 unspecified atom stereocenters. The van der Waals surface area contributed by atoms with E-state index in [1.54, 1.807) is 30.3 Å². The molecule has 0 aliphatic rings. The van der Waals surface area contributed by atoms with Gasteiger partial charge in [-0.05, 0) is 36.4 Å². The molecule has 0 atom stereocenters. The molecule has 106 valence electrons. The van der Waals surface area contributed by atoms with E-state index < -0.39 is 0 Å². The third kappa shape index (κ3) is 2.32. The summed E-state index contributed by atoms with van der Waals surface area (Å²) in [6, 6.07) is 10.9. The summed E-state index contributed by atoms with van der Waals surface area (Å²) in [5.74, 6) is 0.262. The average molecular weight is 303 g/mol. The first kappa shape index (κ1) is 13.8. The summed E-state index contributed by atoms with van der Waals surface area (Å²) in [6.07, 6.45) is 0.578. The van der Waals surface area contributed by atoms with E-state index in [1.807, 2.05) is 6.92 Å². The molecule has 0 N–H and O–H groups in total. The van der Waals surface area contributed by atoms with E-state index in [2.05, 4.69) is 4.98 Å². The zero-order valence-corrected chi connectivity index (χ0v) is 12.1. The molecule has 1 aromatic heterocycles. The molecular formula is C16H12ClFN2O. The van der Waals surface area contributed by atoms with Crippen LogP contribution in [-0.4, -0.2) is 9.55 Å². The number of nitrogens with zero attached hydrogens (tertiary/aromatic N) is 2. The van der Waals surface area contributed by atoms with Crippen molar-refractivity contribution in [3.8, 4) is 5.69 Å². The van der Waals surface area contributed by atoms with Crippen LogP contribution < -0.4 is 5.56 Å². The van der Waals surface area contributed by atoms with Gasteiger partial charge in [0.1, 0.15) is 11.6 Å². The Hall–Kier alpha value is -2.20. The fourth-order valence-corrected chi connectivity index (χ4v) is 2.58. The predicted octanol–water partition coefficient (Wildman–Crippen LogP) is 3.74. The van der Waals surface area contributed by atoms with Crippen molar-refractivity contribution in [2.75, 3.05) is 0 Å². The SMILES string of the molecule is CCc1nc2cccc(Cl)c2c(=O)n1-c1ccc(F)cc1. The van der Waals surface area contributed by atoms with Crippen molar-refractivity contribution in [3.05, 3.63) is 69.5 Å². The third-order valence-electron chi connectivity index (χ3n) is 3.32. The maximum atomic E-state index is 13.1. The van der Waals surface area contributed by atoms with Gasteiger partial charge in [0.2, 0.25) is 0 Å². The largest absolute Gasteiger partial charge is 0.268 e. The Bertz CT molecular complexity index is 872. The Balaban J connectivity index is 2.41. The smallest absolute Gasteiger partial charge is 0.267 e. The second kappa shape index (κ2) is 5.30. The number of aryl methyl sites for hydroxylation is 1. The molecule has 3 rings (SSSR count). The Kier molecular flexibility index (Phi) is 3.47. The third-order valence-corrected chi connectivity index (χ3v) is 3.63. The molecule has 21 heavy (non-hydrogen) atoms. The van der Waals surface area contributed by atoms with Gasteiger partial charge in [0.05, 0.1) is 21.6 Å². The van der Waals surface area contributed by atoms with Gasteiger partial charge in [-0.2, -0.15) is 0 Å². The van der Waals surface area contributed by atoms with Crippen LogP contribution in [0.5, 0.6) is 0 Å². The van der Waals surface area contributed by atoms with Crippen LogP contribution in [-0.2, 0) is 6.42 Å². The van der Waals surface area contributed by atoms with E-state index in [-0.39, 0.29) is 11.4 Å². The number of benzene rings is 2. The fourth-order valence-electron chi connectivity index (χ4n) is 2.33. The van der Waals surface area contributed by atoms with Gasteiger partial charge >= 0.3 is 0 Å². The normalized spacial score (nSPS) is 11.0. The predicted molar refractivity (Wildman–Crippen MR) is 81.7 cm³/mol. The van der Waals surface area contributed by atoms with Crippen molar-refractivity contribution in [1.82, 2.24) is 9.55 Å². The molecule has 0 aliphatic heterocycles. The summed E-state index contributed by atoms with van der Waals surface area (Å²) < 4.78 is 14.6. The summed E-state index contributed by atoms with van der Waals surface area (Å²) in [5, 5.41) is 0.740. The lowest BCUT2D eigenvalue weighted by molar-refractivity contribution is 0.627. The Morgan fingerprint density at radius 1 is 1.19 bits per heavy atom. The van der Waals surface area contributed by atoms with Crippen LogP contribution in [0.3, 0.4) is 0 Å². The molecule has 5 heteroatoms. The number of aromatic nitrogens is 2. The lowest BCUT2D eigenvalue weighted by Gasteiger charge is -2.13. The van der Waals surface area contributed by atoms with Gasteiger partial charge < -0.3 is 0 Å². The van der Waals surface area contributed by atoms with Crippen LogP contribution in [0.4, 0.5) is 4.39 Å². The molecule has 0 amide bonds. The van der Waals surface area contributed by atoms with Crippen LogP contribution in [0.25, 0.3) is 16.6 Å². The van der Waals surface area contributed by atoms with Gasteiger partial charge in [-0.1, -0.05) is 24.6 Å². The highest BCUT2D eigenvalue weighted by atomic mass is 35.5. The molecule has 3 aromatic rings. The summed E-state index contributed by atoms with van der Waals surface area (Å²) in [5.41, 5.74) is 0.907. The Morgan fingerprint density at radius 2 is 1.90 bits per heavy atom. The first-order valence-corrected chi connectivity index (χ1v) is 6.95. The van der Waals surface area contributed by atoms with Gasteiger partial charge in [-0.15, -0.1) is 0 Å². The van der Waals surface area contributed by atoms with Crippen molar-refractivity contribution < 1.29 is 4.39 Å². The fraction of sp³-hybridized carbons (Fsp3) is 0.125. The van der Waals surface area contributed by atoms with Crippen molar-refractivity contribution in [3.63, 3.8) is 0 Å². The standard InChI is InChI=1S/C16H12ClFN2O/c1-2-14-19-13-5-3-4-12(17)15(13)16(21)20(14)11-8-6-10(18)7-9-11/h3-9H,2H2,1H3. The van der Waals surface area contributed by atoms with Crippen molar-refractivity contribution >= 4 is 22.5 Å². The molecule has 1 heterocycles. The maximum absolute atomic E-state index is 13.1. The molecule has 3 nitrogen and oxygen atoms in total. The van der Waals surface area contributed by atoms with E-state index in [0.29, 0.717) is 33.9 Å². The molecule has 0 bridgehead atoms. The van der Waals surface area contributed by atoms with Gasteiger partial charge in [0, 0.05) is 6.42 Å². The molecule has 0 fully saturated rings. The van der Waals surface area contributed by atoms with Crippen LogP contribution in [0, 0.1) is 5.82 Å². The summed E-state index contributed by atoms with van der Waals surface area (Å²) in [4.78, 5) is 17.3. The number of fused-ring (bicyclic) bond motifs is 1. The van der Waals surface area contributed by atoms with E-state index >= 15 is 0 Å². The zero-order valence-electron chi connectivity index (χ0n) is 11.3. The summed E-state index contributed by atoms with van der Waals surface area (Å²) in [7, 11) is 0. The number of hydrogen-bond donors (Lipinski definition) is 0. The first-order valence-electron chi connectivity index (χ1n) is 6.58. The van der Waals surface area contributed by atoms with Crippen LogP contribution in [0.1, 0.15) is 12.7 Å². The average Bonchev–Trinajstić information content (AvgIpc) is 2.48. The minimum absolute atomic E-state index is 0.242. The molecule has 0 saturated carbocycles. The van der Waals surface area contributed by atoms with Gasteiger partial charge in [-0.25, -0.2) is 9.37 Å². The highest BCUT2D eigenvalue weighted by Gasteiger charge is 2.13. The van der Waals surface area contributed by atoms with E-state index in [0.717, 1.165) is 0 Å². The second-order valence-electron chi connectivity index (χ2n) is 4.63. The lowest BCUT2D eigenvalue weighted by atomic mass is 10.2. The zero-order chi connectivity index (χ0) is 15.0. The number of halogens is 2. The molecule has 0 aliphatic carbocycles. The molecule has 0 radical (unpaired) electrons. The van der Waals surface area contributed by atoms with E-state index in [9.17, 15) is 9.18 Å². The van der Waals surface area contributed by atoms with Gasteiger partial charge in [0.25, 0.3) is 5.56 Å². The van der Waals surface area contributed by atoms with Gasteiger partial charge in [0.15, 0.2) is 0 Å². The second-order valence-corrected chi connectivity index (χ2v) is 5.04. The first-order chi connectivity index (χ1) is 10.1. The number of rotatable bonds is 2.